The summed E-state index contributed by atoms with van der Waals surface area (Å²) in [7, 11) is 4.54. The maximum atomic E-state index is 12.7. The van der Waals surface area contributed by atoms with Crippen LogP contribution in [0, 0.1) is 0 Å². The standard InChI is InChI=1S/C21H20O7/c1-12(22)11-27-14-6-7-15-17(10-14)28-18(19(15)23)9-13-5-8-16(24-2)21(26-4)20(13)25-3/h5-10H,11H2,1-4H3. The largest absolute Gasteiger partial charge is 0.493 e. The molecule has 0 fully saturated rings. The third-order valence-electron chi connectivity index (χ3n) is 4.10. The fourth-order valence-electron chi connectivity index (χ4n) is 2.82. The lowest BCUT2D eigenvalue weighted by Gasteiger charge is -2.14. The van der Waals surface area contributed by atoms with Gasteiger partial charge in [-0.2, -0.15) is 0 Å². The van der Waals surface area contributed by atoms with E-state index in [4.69, 9.17) is 23.7 Å². The van der Waals surface area contributed by atoms with Crippen molar-refractivity contribution in [3.05, 3.63) is 47.2 Å². The molecular formula is C21H20O7. The van der Waals surface area contributed by atoms with Crippen molar-refractivity contribution in [3.8, 4) is 28.7 Å². The van der Waals surface area contributed by atoms with Gasteiger partial charge in [-0.05, 0) is 37.3 Å². The summed E-state index contributed by atoms with van der Waals surface area (Å²) in [6, 6.07) is 8.29. The van der Waals surface area contributed by atoms with Crippen molar-refractivity contribution in [2.75, 3.05) is 27.9 Å². The number of methoxy groups -OCH3 is 3. The quantitative estimate of drug-likeness (QED) is 0.678. The van der Waals surface area contributed by atoms with Crippen molar-refractivity contribution in [3.63, 3.8) is 0 Å². The Kier molecular flexibility index (Phi) is 5.54. The van der Waals surface area contributed by atoms with Crippen LogP contribution in [0.4, 0.5) is 0 Å². The van der Waals surface area contributed by atoms with Crippen LogP contribution in [0.3, 0.4) is 0 Å². The van der Waals surface area contributed by atoms with Crippen LogP contribution in [0.15, 0.2) is 36.1 Å². The van der Waals surface area contributed by atoms with Crippen molar-refractivity contribution in [1.29, 1.82) is 0 Å². The molecule has 1 aliphatic rings. The minimum Gasteiger partial charge on any atom is -0.493 e. The number of hydrogen-bond donors (Lipinski definition) is 0. The van der Waals surface area contributed by atoms with Gasteiger partial charge in [0, 0.05) is 11.6 Å². The van der Waals surface area contributed by atoms with Gasteiger partial charge in [0.15, 0.2) is 23.0 Å². The number of rotatable bonds is 7. The summed E-state index contributed by atoms with van der Waals surface area (Å²) in [5.41, 5.74) is 1.02. The first-order chi connectivity index (χ1) is 13.5. The fourth-order valence-corrected chi connectivity index (χ4v) is 2.82. The Labute approximate surface area is 162 Å². The van der Waals surface area contributed by atoms with Crippen molar-refractivity contribution in [2.24, 2.45) is 0 Å². The summed E-state index contributed by atoms with van der Waals surface area (Å²) < 4.78 is 27.2. The highest BCUT2D eigenvalue weighted by Crippen LogP contribution is 2.42. The van der Waals surface area contributed by atoms with E-state index < -0.39 is 0 Å². The van der Waals surface area contributed by atoms with Gasteiger partial charge >= 0.3 is 0 Å². The Morgan fingerprint density at radius 1 is 1.04 bits per heavy atom. The number of Topliss-reactive ketones (excluding diaryl/α,β-unsaturated/α-hetero) is 2. The number of ether oxygens (including phenoxy) is 5. The predicted molar refractivity (Wildman–Crippen MR) is 102 cm³/mol. The maximum absolute atomic E-state index is 12.7. The minimum absolute atomic E-state index is 0.0434. The first kappa shape index (κ1) is 19.3. The monoisotopic (exact) mass is 384 g/mol. The Bertz CT molecular complexity index is 959. The first-order valence-electron chi connectivity index (χ1n) is 8.48. The Morgan fingerprint density at radius 2 is 1.79 bits per heavy atom. The molecule has 28 heavy (non-hydrogen) atoms. The second kappa shape index (κ2) is 8.04. The summed E-state index contributed by atoms with van der Waals surface area (Å²) in [4.78, 5) is 23.7. The summed E-state index contributed by atoms with van der Waals surface area (Å²) >= 11 is 0. The topological polar surface area (TPSA) is 80.3 Å². The van der Waals surface area contributed by atoms with Crippen LogP contribution in [-0.2, 0) is 4.79 Å². The van der Waals surface area contributed by atoms with Gasteiger partial charge in [0.2, 0.25) is 11.5 Å². The van der Waals surface area contributed by atoms with Crippen LogP contribution in [0.2, 0.25) is 0 Å². The van der Waals surface area contributed by atoms with Gasteiger partial charge in [0.1, 0.15) is 18.1 Å². The zero-order valence-electron chi connectivity index (χ0n) is 16.0. The normalized spacial score (nSPS) is 13.7. The molecule has 0 aliphatic carbocycles. The molecule has 7 nitrogen and oxygen atoms in total. The van der Waals surface area contributed by atoms with Crippen LogP contribution in [-0.4, -0.2) is 39.5 Å². The van der Waals surface area contributed by atoms with E-state index in [1.165, 1.54) is 28.3 Å². The molecule has 146 valence electrons. The summed E-state index contributed by atoms with van der Waals surface area (Å²) in [6.07, 6.45) is 1.58. The van der Waals surface area contributed by atoms with Gasteiger partial charge in [-0.1, -0.05) is 0 Å². The molecule has 0 unspecified atom stereocenters. The molecule has 1 aliphatic heterocycles. The number of benzene rings is 2. The van der Waals surface area contributed by atoms with Gasteiger partial charge in [-0.25, -0.2) is 0 Å². The second-order valence-corrected chi connectivity index (χ2v) is 6.01. The highest BCUT2D eigenvalue weighted by Gasteiger charge is 2.28. The first-order valence-corrected chi connectivity index (χ1v) is 8.48. The molecule has 2 aromatic carbocycles. The van der Waals surface area contributed by atoms with E-state index in [1.54, 1.807) is 36.4 Å². The van der Waals surface area contributed by atoms with E-state index in [2.05, 4.69) is 0 Å². The SMILES string of the molecule is COc1ccc(C=C2Oc3cc(OCC(C)=O)ccc3C2=O)c(OC)c1OC. The molecule has 0 saturated carbocycles. The minimum atomic E-state index is -0.259. The maximum Gasteiger partial charge on any atom is 0.231 e. The Balaban J connectivity index is 1.93. The Morgan fingerprint density at radius 3 is 2.43 bits per heavy atom. The number of carbonyl (C=O) groups excluding carboxylic acids is 2. The third kappa shape index (κ3) is 3.64. The lowest BCUT2D eigenvalue weighted by molar-refractivity contribution is -0.118. The highest BCUT2D eigenvalue weighted by molar-refractivity contribution is 6.14. The predicted octanol–water partition coefficient (Wildman–Crippen LogP) is 3.30. The van der Waals surface area contributed by atoms with Gasteiger partial charge < -0.3 is 23.7 Å². The number of hydrogen-bond acceptors (Lipinski definition) is 7. The molecular weight excluding hydrogens is 364 g/mol. The summed E-state index contributed by atoms with van der Waals surface area (Å²) in [5, 5.41) is 0. The van der Waals surface area contributed by atoms with Crippen molar-refractivity contribution >= 4 is 17.6 Å². The smallest absolute Gasteiger partial charge is 0.231 e. The van der Waals surface area contributed by atoms with E-state index in [1.807, 2.05) is 0 Å². The molecule has 1 heterocycles. The van der Waals surface area contributed by atoms with Gasteiger partial charge in [0.05, 0.1) is 26.9 Å². The molecule has 0 saturated heterocycles. The Hall–Kier alpha value is -3.48. The average molecular weight is 384 g/mol. The van der Waals surface area contributed by atoms with Crippen LogP contribution >= 0.6 is 0 Å². The molecule has 0 aromatic heterocycles. The number of carbonyl (C=O) groups is 2. The zero-order valence-corrected chi connectivity index (χ0v) is 16.0. The van der Waals surface area contributed by atoms with Gasteiger partial charge in [-0.3, -0.25) is 9.59 Å². The molecule has 0 N–H and O–H groups in total. The van der Waals surface area contributed by atoms with E-state index in [-0.39, 0.29) is 23.9 Å². The van der Waals surface area contributed by atoms with Crippen molar-refractivity contribution < 1.29 is 33.3 Å². The van der Waals surface area contributed by atoms with Crippen molar-refractivity contribution in [1.82, 2.24) is 0 Å². The van der Waals surface area contributed by atoms with Gasteiger partial charge in [-0.15, -0.1) is 0 Å². The molecule has 3 rings (SSSR count). The molecule has 0 spiro atoms. The number of allylic oxidation sites excluding steroid dienone is 1. The molecule has 0 bridgehead atoms. The lowest BCUT2D eigenvalue weighted by Crippen LogP contribution is -2.06. The van der Waals surface area contributed by atoms with E-state index in [0.717, 1.165) is 0 Å². The lowest BCUT2D eigenvalue weighted by atomic mass is 10.1. The van der Waals surface area contributed by atoms with Gasteiger partial charge in [0.25, 0.3) is 0 Å². The summed E-state index contributed by atoms with van der Waals surface area (Å²) in [6.45, 7) is 1.39. The molecule has 0 atom stereocenters. The van der Waals surface area contributed by atoms with E-state index >= 15 is 0 Å². The molecule has 2 aromatic rings. The average Bonchev–Trinajstić information content (AvgIpc) is 3.00. The van der Waals surface area contributed by atoms with Crippen LogP contribution in [0.25, 0.3) is 6.08 Å². The van der Waals surface area contributed by atoms with Crippen LogP contribution in [0.5, 0.6) is 28.7 Å². The molecule has 0 amide bonds. The van der Waals surface area contributed by atoms with E-state index in [9.17, 15) is 9.59 Å². The molecule has 7 heteroatoms. The van der Waals surface area contributed by atoms with E-state index in [0.29, 0.717) is 39.9 Å². The van der Waals surface area contributed by atoms with Crippen LogP contribution < -0.4 is 23.7 Å². The summed E-state index contributed by atoms with van der Waals surface area (Å²) in [5.74, 6) is 1.96. The highest BCUT2D eigenvalue weighted by atomic mass is 16.5. The third-order valence-corrected chi connectivity index (χ3v) is 4.10. The zero-order chi connectivity index (χ0) is 20.3. The van der Waals surface area contributed by atoms with Crippen molar-refractivity contribution in [2.45, 2.75) is 6.92 Å². The molecule has 0 radical (unpaired) electrons. The number of ketones is 2. The fraction of sp³-hybridized carbons (Fsp3) is 0.238. The van der Waals surface area contributed by atoms with Crippen LogP contribution in [0.1, 0.15) is 22.8 Å². The second-order valence-electron chi connectivity index (χ2n) is 6.01. The number of fused-ring (bicyclic) bond motifs is 1.